The lowest BCUT2D eigenvalue weighted by molar-refractivity contribution is 0.128. The maximum absolute atomic E-state index is 7.23. The van der Waals surface area contributed by atoms with Gasteiger partial charge in [0.25, 0.3) is 0 Å². The average Bonchev–Trinajstić information content (AvgIpc) is 2.03. The first-order valence-corrected chi connectivity index (χ1v) is 5.79. The number of ether oxygens (including phenoxy) is 1. The van der Waals surface area contributed by atoms with Crippen LogP contribution in [0, 0.1) is 0 Å². The van der Waals surface area contributed by atoms with Crippen molar-refractivity contribution in [1.29, 1.82) is 0 Å². The van der Waals surface area contributed by atoms with Crippen molar-refractivity contribution in [3.8, 4) is 0 Å². The normalized spacial score (nSPS) is 9.69. The molecule has 0 aromatic carbocycles. The van der Waals surface area contributed by atoms with Crippen LogP contribution in [0.3, 0.4) is 0 Å². The van der Waals surface area contributed by atoms with E-state index in [9.17, 15) is 0 Å². The smallest absolute Gasteiger partial charge is 0.324 e. The zero-order valence-corrected chi connectivity index (χ0v) is 9.33. The molecule has 82 valence electrons. The Balaban J connectivity index is 0. The molecule has 0 radical (unpaired) electrons. The van der Waals surface area contributed by atoms with Gasteiger partial charge in [-0.2, -0.15) is 0 Å². The zero-order valence-electron chi connectivity index (χ0n) is 8.44. The van der Waals surface area contributed by atoms with Gasteiger partial charge in [-0.25, -0.2) is 0 Å². The lowest BCUT2D eigenvalue weighted by atomic mass is 10.3. The quantitative estimate of drug-likeness (QED) is 0.463. The first-order valence-electron chi connectivity index (χ1n) is 4.59. The molecule has 4 nitrogen and oxygen atoms in total. The van der Waals surface area contributed by atoms with Crippen molar-refractivity contribution in [3.63, 3.8) is 0 Å². The van der Waals surface area contributed by atoms with E-state index in [1.807, 2.05) is 0 Å². The van der Waals surface area contributed by atoms with Crippen LogP contribution in [0.25, 0.3) is 0 Å². The molecule has 0 aliphatic heterocycles. The van der Waals surface area contributed by atoms with Gasteiger partial charge in [0, 0.05) is 13.2 Å². The van der Waals surface area contributed by atoms with Crippen LogP contribution in [-0.2, 0) is 4.74 Å². The number of hydrogen-bond acceptors (Lipinski definition) is 4. The molecule has 0 rings (SSSR count). The fraction of sp³-hybridized carbons (Fsp3) is 1.00. The van der Waals surface area contributed by atoms with Gasteiger partial charge in [0.05, 0.1) is 0 Å². The van der Waals surface area contributed by atoms with Crippen LogP contribution in [0.15, 0.2) is 0 Å². The van der Waals surface area contributed by atoms with Crippen molar-refractivity contribution < 1.29 is 19.4 Å². The van der Waals surface area contributed by atoms with E-state index in [-0.39, 0.29) is 0 Å². The molecule has 5 heteroatoms. The molecule has 0 bridgehead atoms. The van der Waals surface area contributed by atoms with Crippen LogP contribution < -0.4 is 0 Å². The van der Waals surface area contributed by atoms with Crippen LogP contribution in [0.2, 0.25) is 0 Å². The third-order valence-corrected chi connectivity index (χ3v) is 1.28. The SMILES string of the molecule is CCCCOCCCC.OP(O)O. The Labute approximate surface area is 81.6 Å². The summed E-state index contributed by atoms with van der Waals surface area (Å²) in [5, 5.41) is 0. The largest absolute Gasteiger partial charge is 0.381 e. The molecule has 0 aromatic rings. The first kappa shape index (κ1) is 15.7. The van der Waals surface area contributed by atoms with Gasteiger partial charge in [0.1, 0.15) is 0 Å². The van der Waals surface area contributed by atoms with Crippen molar-refractivity contribution >= 4 is 8.60 Å². The second-order valence-electron chi connectivity index (χ2n) is 2.59. The maximum atomic E-state index is 7.23. The molecule has 0 aromatic heterocycles. The van der Waals surface area contributed by atoms with Crippen LogP contribution in [-0.4, -0.2) is 27.9 Å². The molecule has 0 aliphatic rings. The van der Waals surface area contributed by atoms with E-state index >= 15 is 0 Å². The Hall–Kier alpha value is 0.270. The standard InChI is InChI=1S/C8H18O.H3O3P/c1-3-5-7-9-8-6-4-2;1-4(2)3/h3-8H2,1-2H3;1-3H. The predicted molar refractivity (Wildman–Crippen MR) is 54.2 cm³/mol. The predicted octanol–water partition coefficient (Wildman–Crippen LogP) is 1.79. The summed E-state index contributed by atoms with van der Waals surface area (Å²) in [5.74, 6) is 0. The highest BCUT2D eigenvalue weighted by atomic mass is 31.2. The molecule has 0 aliphatic carbocycles. The van der Waals surface area contributed by atoms with Crippen molar-refractivity contribution in [2.24, 2.45) is 0 Å². The minimum Gasteiger partial charge on any atom is -0.381 e. The Bertz CT molecular complexity index is 71.8. The van der Waals surface area contributed by atoms with Gasteiger partial charge in [-0.3, -0.25) is 0 Å². The highest BCUT2D eigenvalue weighted by Gasteiger charge is 1.84. The number of hydrogen-bond donors (Lipinski definition) is 3. The summed E-state index contributed by atoms with van der Waals surface area (Å²) in [6, 6.07) is 0. The summed E-state index contributed by atoms with van der Waals surface area (Å²) in [5.41, 5.74) is 0. The van der Waals surface area contributed by atoms with E-state index in [1.54, 1.807) is 0 Å². The summed E-state index contributed by atoms with van der Waals surface area (Å²) in [4.78, 5) is 21.7. The second-order valence-corrected chi connectivity index (χ2v) is 3.12. The molecule has 0 spiro atoms. The number of rotatable bonds is 6. The fourth-order valence-electron chi connectivity index (χ4n) is 0.595. The number of unbranched alkanes of at least 4 members (excludes halogenated alkanes) is 2. The van der Waals surface area contributed by atoms with Crippen LogP contribution in [0.5, 0.6) is 0 Å². The van der Waals surface area contributed by atoms with Gasteiger partial charge in [-0.05, 0) is 12.8 Å². The average molecular weight is 212 g/mol. The molecule has 0 atom stereocenters. The van der Waals surface area contributed by atoms with Crippen LogP contribution >= 0.6 is 8.60 Å². The highest BCUT2D eigenvalue weighted by molar-refractivity contribution is 7.38. The molecule has 13 heavy (non-hydrogen) atoms. The van der Waals surface area contributed by atoms with E-state index in [4.69, 9.17) is 19.4 Å². The van der Waals surface area contributed by atoms with Crippen molar-refractivity contribution in [2.75, 3.05) is 13.2 Å². The van der Waals surface area contributed by atoms with E-state index in [2.05, 4.69) is 13.8 Å². The molecule has 0 fully saturated rings. The van der Waals surface area contributed by atoms with Gasteiger partial charge >= 0.3 is 8.60 Å². The van der Waals surface area contributed by atoms with Gasteiger partial charge < -0.3 is 19.4 Å². The zero-order chi connectivity index (χ0) is 10.5. The van der Waals surface area contributed by atoms with E-state index in [1.165, 1.54) is 25.7 Å². The van der Waals surface area contributed by atoms with Crippen molar-refractivity contribution in [3.05, 3.63) is 0 Å². The maximum Gasteiger partial charge on any atom is 0.324 e. The molecule has 0 saturated heterocycles. The van der Waals surface area contributed by atoms with Gasteiger partial charge in [0.15, 0.2) is 0 Å². The fourth-order valence-corrected chi connectivity index (χ4v) is 0.595. The summed E-state index contributed by atoms with van der Waals surface area (Å²) in [6.45, 7) is 6.28. The lowest BCUT2D eigenvalue weighted by Gasteiger charge is -1.99. The minimum absolute atomic E-state index is 0.955. The topological polar surface area (TPSA) is 69.9 Å². The molecule has 0 saturated carbocycles. The molecule has 0 heterocycles. The highest BCUT2D eigenvalue weighted by Crippen LogP contribution is 2.11. The van der Waals surface area contributed by atoms with E-state index in [0.717, 1.165) is 13.2 Å². The van der Waals surface area contributed by atoms with Gasteiger partial charge in [-0.15, -0.1) is 0 Å². The monoisotopic (exact) mass is 212 g/mol. The lowest BCUT2D eigenvalue weighted by Crippen LogP contribution is -1.95. The summed E-state index contributed by atoms with van der Waals surface area (Å²) in [6.07, 6.45) is 4.91. The molecule has 0 amide bonds. The van der Waals surface area contributed by atoms with Crippen molar-refractivity contribution in [2.45, 2.75) is 39.5 Å². The van der Waals surface area contributed by atoms with E-state index in [0.29, 0.717) is 0 Å². The van der Waals surface area contributed by atoms with Gasteiger partial charge in [-0.1, -0.05) is 26.7 Å². The molecular formula is C8H21O4P. The van der Waals surface area contributed by atoms with E-state index < -0.39 is 8.60 Å². The van der Waals surface area contributed by atoms with Crippen LogP contribution in [0.4, 0.5) is 0 Å². The molecular weight excluding hydrogens is 191 g/mol. The Morgan fingerprint density at radius 2 is 1.23 bits per heavy atom. The van der Waals surface area contributed by atoms with Crippen molar-refractivity contribution in [1.82, 2.24) is 0 Å². The van der Waals surface area contributed by atoms with Gasteiger partial charge in [0.2, 0.25) is 0 Å². The third kappa shape index (κ3) is 32.9. The molecule has 0 unspecified atom stereocenters. The summed E-state index contributed by atoms with van der Waals surface area (Å²) < 4.78 is 5.31. The third-order valence-electron chi connectivity index (χ3n) is 1.28. The Morgan fingerprint density at radius 3 is 1.46 bits per heavy atom. The first-order chi connectivity index (χ1) is 6.15. The minimum atomic E-state index is -2.62. The Kier molecular flexibility index (Phi) is 17.9. The second kappa shape index (κ2) is 14.8. The Morgan fingerprint density at radius 1 is 0.923 bits per heavy atom. The molecule has 3 N–H and O–H groups in total. The summed E-state index contributed by atoms with van der Waals surface area (Å²) >= 11 is 0. The summed E-state index contributed by atoms with van der Waals surface area (Å²) in [7, 11) is -2.62. The van der Waals surface area contributed by atoms with Crippen LogP contribution in [0.1, 0.15) is 39.5 Å².